The number of halogens is 1. The van der Waals surface area contributed by atoms with Crippen LogP contribution in [0.3, 0.4) is 0 Å². The minimum atomic E-state index is -0.306. The number of anilines is 3. The van der Waals surface area contributed by atoms with Crippen molar-refractivity contribution in [1.29, 1.82) is 0 Å². The van der Waals surface area contributed by atoms with E-state index in [1.165, 1.54) is 17.4 Å². The highest BCUT2D eigenvalue weighted by molar-refractivity contribution is 9.10. The van der Waals surface area contributed by atoms with Crippen molar-refractivity contribution in [3.63, 3.8) is 0 Å². The van der Waals surface area contributed by atoms with E-state index >= 15 is 0 Å². The van der Waals surface area contributed by atoms with Gasteiger partial charge < -0.3 is 15.4 Å². The largest absolute Gasteiger partial charge is 0.424 e. The second kappa shape index (κ2) is 9.45. The third-order valence-electron chi connectivity index (χ3n) is 3.88. The van der Waals surface area contributed by atoms with Crippen molar-refractivity contribution in [3.05, 3.63) is 77.9 Å². The van der Waals surface area contributed by atoms with Crippen LogP contribution in [0.1, 0.15) is 0 Å². The lowest BCUT2D eigenvalue weighted by Crippen LogP contribution is -2.07. The van der Waals surface area contributed by atoms with Gasteiger partial charge in [-0.05, 0) is 36.4 Å². The summed E-state index contributed by atoms with van der Waals surface area (Å²) in [7, 11) is 0. The van der Waals surface area contributed by atoms with E-state index in [0.717, 1.165) is 15.0 Å². The Labute approximate surface area is 190 Å². The minimum absolute atomic E-state index is 0.148. The third-order valence-corrected chi connectivity index (χ3v) is 5.30. The van der Waals surface area contributed by atoms with E-state index in [2.05, 4.69) is 53.3 Å². The van der Waals surface area contributed by atoms with Gasteiger partial charge in [-0.15, -0.1) is 10.2 Å². The van der Waals surface area contributed by atoms with Gasteiger partial charge in [-0.3, -0.25) is 4.79 Å². The van der Waals surface area contributed by atoms with E-state index < -0.39 is 0 Å². The first-order chi connectivity index (χ1) is 15.1. The summed E-state index contributed by atoms with van der Waals surface area (Å²) in [6.07, 6.45) is 2.77. The molecule has 10 heteroatoms. The molecule has 2 heterocycles. The number of nitrogens with one attached hydrogen (secondary N) is 2. The molecule has 0 bridgehead atoms. The highest BCUT2D eigenvalue weighted by Crippen LogP contribution is 2.29. The maximum atomic E-state index is 11.5. The molecule has 8 nitrogen and oxygen atoms in total. The summed E-state index contributed by atoms with van der Waals surface area (Å²) in [5, 5.41) is 15.6. The second-order valence-electron chi connectivity index (χ2n) is 6.09. The van der Waals surface area contributed by atoms with Gasteiger partial charge in [0.15, 0.2) is 0 Å². The topological polar surface area (TPSA) is 102 Å². The number of aromatic nitrogens is 4. The summed E-state index contributed by atoms with van der Waals surface area (Å²) in [6.45, 7) is 3.43. The lowest BCUT2D eigenvalue weighted by Gasteiger charge is -2.07. The summed E-state index contributed by atoms with van der Waals surface area (Å²) in [5.41, 5.74) is 1.55. The van der Waals surface area contributed by atoms with Crippen molar-refractivity contribution in [2.75, 3.05) is 10.6 Å². The Kier molecular flexibility index (Phi) is 6.29. The van der Waals surface area contributed by atoms with Gasteiger partial charge in [-0.25, -0.2) is 4.98 Å². The minimum Gasteiger partial charge on any atom is -0.424 e. The first-order valence-electron chi connectivity index (χ1n) is 9.00. The molecule has 0 aliphatic heterocycles. The van der Waals surface area contributed by atoms with E-state index in [-0.39, 0.29) is 11.9 Å². The molecule has 2 aromatic carbocycles. The average Bonchev–Trinajstić information content (AvgIpc) is 3.23. The zero-order valence-electron chi connectivity index (χ0n) is 15.9. The first-order valence-corrected chi connectivity index (χ1v) is 10.6. The van der Waals surface area contributed by atoms with E-state index in [1.807, 2.05) is 24.3 Å². The zero-order chi connectivity index (χ0) is 21.6. The van der Waals surface area contributed by atoms with Gasteiger partial charge in [0.25, 0.3) is 0 Å². The van der Waals surface area contributed by atoms with Crippen LogP contribution in [0, 0.1) is 0 Å². The first kappa shape index (κ1) is 20.6. The number of carbonyl (C=O) groups excluding carboxylic acids is 1. The SMILES string of the molecule is C=CC(=O)Nc1cccc(Oc2nccc(Nc3nnc(-c4ccc(Br)cc4)s3)n2)c1. The molecule has 1 amide bonds. The fraction of sp³-hybridized carbons (Fsp3) is 0. The number of ether oxygens (including phenoxy) is 1. The highest BCUT2D eigenvalue weighted by Gasteiger charge is 2.09. The molecule has 31 heavy (non-hydrogen) atoms. The normalized spacial score (nSPS) is 10.4. The predicted octanol–water partition coefficient (Wildman–Crippen LogP) is 5.42. The van der Waals surface area contributed by atoms with Gasteiger partial charge in [0.2, 0.25) is 11.0 Å². The van der Waals surface area contributed by atoms with E-state index in [4.69, 9.17) is 4.74 Å². The molecule has 0 saturated carbocycles. The number of benzene rings is 2. The van der Waals surface area contributed by atoms with Crippen LogP contribution in [-0.4, -0.2) is 26.1 Å². The van der Waals surface area contributed by atoms with Gasteiger partial charge in [0, 0.05) is 28.0 Å². The van der Waals surface area contributed by atoms with Crippen molar-refractivity contribution >= 4 is 49.8 Å². The Bertz CT molecular complexity index is 1230. The summed E-state index contributed by atoms with van der Waals surface area (Å²) >= 11 is 4.83. The number of carbonyl (C=O) groups is 1. The molecular weight excluding hydrogens is 480 g/mol. The van der Waals surface area contributed by atoms with Crippen molar-refractivity contribution in [2.45, 2.75) is 0 Å². The number of hydrogen-bond donors (Lipinski definition) is 2. The Morgan fingerprint density at radius 1 is 1.13 bits per heavy atom. The average molecular weight is 495 g/mol. The van der Waals surface area contributed by atoms with Gasteiger partial charge in [0.1, 0.15) is 16.6 Å². The smallest absolute Gasteiger partial charge is 0.323 e. The lowest BCUT2D eigenvalue weighted by atomic mass is 10.2. The quantitative estimate of drug-likeness (QED) is 0.330. The molecule has 154 valence electrons. The highest BCUT2D eigenvalue weighted by atomic mass is 79.9. The molecule has 4 rings (SSSR count). The van der Waals surface area contributed by atoms with Crippen LogP contribution < -0.4 is 15.4 Å². The molecule has 0 atom stereocenters. The summed E-state index contributed by atoms with van der Waals surface area (Å²) < 4.78 is 6.72. The van der Waals surface area contributed by atoms with Crippen LogP contribution in [0.25, 0.3) is 10.6 Å². The van der Waals surface area contributed by atoms with Crippen molar-refractivity contribution in [3.8, 4) is 22.3 Å². The third kappa shape index (κ3) is 5.50. The van der Waals surface area contributed by atoms with Crippen molar-refractivity contribution in [2.24, 2.45) is 0 Å². The molecule has 0 fully saturated rings. The Hall–Kier alpha value is -3.63. The van der Waals surface area contributed by atoms with Crippen molar-refractivity contribution in [1.82, 2.24) is 20.2 Å². The molecular formula is C21H15BrN6O2S. The molecule has 0 spiro atoms. The number of rotatable bonds is 7. The molecule has 0 radical (unpaired) electrons. The fourth-order valence-corrected chi connectivity index (χ4v) is 3.51. The van der Waals surface area contributed by atoms with Crippen LogP contribution in [-0.2, 0) is 4.79 Å². The van der Waals surface area contributed by atoms with Crippen LogP contribution in [0.5, 0.6) is 11.8 Å². The summed E-state index contributed by atoms with van der Waals surface area (Å²) in [6, 6.07) is 16.6. The predicted molar refractivity (Wildman–Crippen MR) is 124 cm³/mol. The van der Waals surface area contributed by atoms with Gasteiger partial charge in [-0.2, -0.15) is 4.98 Å². The number of amides is 1. The molecule has 0 unspecified atom stereocenters. The maximum absolute atomic E-state index is 11.5. The summed E-state index contributed by atoms with van der Waals surface area (Å²) in [4.78, 5) is 19.9. The van der Waals surface area contributed by atoms with Crippen LogP contribution in [0.4, 0.5) is 16.6 Å². The zero-order valence-corrected chi connectivity index (χ0v) is 18.4. The molecule has 0 saturated heterocycles. The van der Waals surface area contributed by atoms with Crippen molar-refractivity contribution < 1.29 is 9.53 Å². The molecule has 0 aliphatic rings. The molecule has 4 aromatic rings. The monoisotopic (exact) mass is 494 g/mol. The molecule has 0 aliphatic carbocycles. The Balaban J connectivity index is 1.46. The number of hydrogen-bond acceptors (Lipinski definition) is 8. The van der Waals surface area contributed by atoms with E-state index in [0.29, 0.717) is 22.4 Å². The standard InChI is InChI=1S/C21H15BrN6O2S/c1-2-18(29)24-15-4-3-5-16(12-15)30-20-23-11-10-17(25-20)26-21-28-27-19(31-21)13-6-8-14(22)9-7-13/h2-12H,1H2,(H,24,29)(H,23,25,26,28). The summed E-state index contributed by atoms with van der Waals surface area (Å²) in [5.74, 6) is 0.686. The lowest BCUT2D eigenvalue weighted by molar-refractivity contribution is -0.111. The molecule has 2 aromatic heterocycles. The van der Waals surface area contributed by atoms with Gasteiger partial charge in [-0.1, -0.05) is 52.0 Å². The molecule has 2 N–H and O–H groups in total. The Morgan fingerprint density at radius 2 is 1.97 bits per heavy atom. The maximum Gasteiger partial charge on any atom is 0.323 e. The second-order valence-corrected chi connectivity index (χ2v) is 7.99. The van der Waals surface area contributed by atoms with E-state index in [1.54, 1.807) is 36.5 Å². The van der Waals surface area contributed by atoms with Gasteiger partial charge in [0.05, 0.1) is 0 Å². The fourth-order valence-electron chi connectivity index (χ4n) is 2.49. The van der Waals surface area contributed by atoms with Gasteiger partial charge >= 0.3 is 6.01 Å². The van der Waals surface area contributed by atoms with Crippen LogP contribution in [0.2, 0.25) is 0 Å². The number of nitrogens with zero attached hydrogens (tertiary/aromatic N) is 4. The van der Waals surface area contributed by atoms with E-state index in [9.17, 15) is 4.79 Å². The van der Waals surface area contributed by atoms with Crippen LogP contribution in [0.15, 0.2) is 77.9 Å². The Morgan fingerprint density at radius 3 is 2.77 bits per heavy atom. The van der Waals surface area contributed by atoms with Crippen LogP contribution >= 0.6 is 27.3 Å².